The summed E-state index contributed by atoms with van der Waals surface area (Å²) in [6, 6.07) is 10.3. The van der Waals surface area contributed by atoms with Crippen LogP contribution in [-0.2, 0) is 11.2 Å². The van der Waals surface area contributed by atoms with Crippen molar-refractivity contribution in [3.8, 4) is 5.69 Å². The molecule has 7 nitrogen and oxygen atoms in total. The van der Waals surface area contributed by atoms with Gasteiger partial charge >= 0.3 is 0 Å². The Morgan fingerprint density at radius 1 is 1.23 bits per heavy atom. The number of rotatable bonds is 8. The molecule has 140 valence electrons. The topological polar surface area (TPSA) is 74.6 Å². The number of nitrogens with one attached hydrogen (secondary N) is 2. The Bertz CT molecular complexity index is 691. The van der Waals surface area contributed by atoms with E-state index in [9.17, 15) is 4.79 Å². The molecule has 1 heterocycles. The van der Waals surface area contributed by atoms with Crippen LogP contribution in [0.25, 0.3) is 5.69 Å². The van der Waals surface area contributed by atoms with Crippen molar-refractivity contribution in [2.24, 2.45) is 4.99 Å². The molecule has 0 fully saturated rings. The highest BCUT2D eigenvalue weighted by atomic mass is 16.2. The number of carbonyl (C=O) groups excluding carboxylic acids is 1. The fourth-order valence-electron chi connectivity index (χ4n) is 2.39. The van der Waals surface area contributed by atoms with Crippen LogP contribution in [-0.4, -0.2) is 60.3 Å². The lowest BCUT2D eigenvalue weighted by Gasteiger charge is -2.12. The molecule has 0 unspecified atom stereocenters. The predicted octanol–water partition coefficient (Wildman–Crippen LogP) is 1.45. The van der Waals surface area contributed by atoms with Crippen LogP contribution in [0.1, 0.15) is 18.9 Å². The van der Waals surface area contributed by atoms with Crippen LogP contribution in [0, 0.1) is 0 Å². The van der Waals surface area contributed by atoms with Gasteiger partial charge in [0.05, 0.1) is 12.2 Å². The minimum Gasteiger partial charge on any atom is -0.357 e. The van der Waals surface area contributed by atoms with Crippen molar-refractivity contribution in [2.45, 2.75) is 19.8 Å². The molecular weight excluding hydrogens is 328 g/mol. The molecule has 0 spiro atoms. The van der Waals surface area contributed by atoms with Gasteiger partial charge in [-0.05, 0) is 37.1 Å². The van der Waals surface area contributed by atoms with Crippen LogP contribution in [0.4, 0.5) is 0 Å². The zero-order chi connectivity index (χ0) is 18.8. The Labute approximate surface area is 155 Å². The van der Waals surface area contributed by atoms with Gasteiger partial charge in [-0.2, -0.15) is 5.10 Å². The molecule has 0 saturated carbocycles. The van der Waals surface area contributed by atoms with Gasteiger partial charge in [-0.1, -0.05) is 12.1 Å². The van der Waals surface area contributed by atoms with Gasteiger partial charge in [-0.3, -0.25) is 9.79 Å². The number of benzene rings is 1. The zero-order valence-electron chi connectivity index (χ0n) is 15.8. The summed E-state index contributed by atoms with van der Waals surface area (Å²) in [6.07, 6.45) is 5.00. The normalized spacial score (nSPS) is 11.3. The second kappa shape index (κ2) is 10.2. The Morgan fingerprint density at radius 2 is 2.00 bits per heavy atom. The Balaban J connectivity index is 1.80. The molecule has 1 aromatic carbocycles. The molecule has 0 aliphatic rings. The predicted molar refractivity (Wildman–Crippen MR) is 105 cm³/mol. The van der Waals surface area contributed by atoms with Crippen molar-refractivity contribution in [3.63, 3.8) is 0 Å². The molecule has 0 aliphatic carbocycles. The second-order valence-corrected chi connectivity index (χ2v) is 6.09. The van der Waals surface area contributed by atoms with E-state index in [0.717, 1.165) is 31.2 Å². The van der Waals surface area contributed by atoms with E-state index >= 15 is 0 Å². The Morgan fingerprint density at radius 3 is 2.62 bits per heavy atom. The molecule has 2 aromatic rings. The first-order valence-corrected chi connectivity index (χ1v) is 8.91. The van der Waals surface area contributed by atoms with Gasteiger partial charge < -0.3 is 15.5 Å². The Hall–Kier alpha value is -2.83. The highest BCUT2D eigenvalue weighted by Crippen LogP contribution is 2.08. The SMILES string of the molecule is CCNC(=NCCC(=O)N(C)C)NCCc1ccc(-n2cccn2)cc1. The average Bonchev–Trinajstić information content (AvgIpc) is 3.16. The summed E-state index contributed by atoms with van der Waals surface area (Å²) in [7, 11) is 3.51. The lowest BCUT2D eigenvalue weighted by Crippen LogP contribution is -2.38. The third-order valence-corrected chi connectivity index (χ3v) is 3.85. The van der Waals surface area contributed by atoms with E-state index in [1.807, 2.05) is 23.9 Å². The molecule has 2 rings (SSSR count). The van der Waals surface area contributed by atoms with Crippen molar-refractivity contribution in [1.29, 1.82) is 0 Å². The summed E-state index contributed by atoms with van der Waals surface area (Å²) in [5.74, 6) is 0.828. The molecule has 1 amide bonds. The first kappa shape index (κ1) is 19.5. The van der Waals surface area contributed by atoms with Crippen LogP contribution in [0.2, 0.25) is 0 Å². The zero-order valence-corrected chi connectivity index (χ0v) is 15.8. The number of carbonyl (C=O) groups is 1. The van der Waals surface area contributed by atoms with E-state index in [4.69, 9.17) is 0 Å². The molecule has 7 heteroatoms. The number of aliphatic imine (C=N–C) groups is 1. The third kappa shape index (κ3) is 6.23. The Kier molecular flexibility index (Phi) is 7.67. The minimum absolute atomic E-state index is 0.0851. The second-order valence-electron chi connectivity index (χ2n) is 6.09. The first-order valence-electron chi connectivity index (χ1n) is 8.91. The molecule has 0 atom stereocenters. The number of hydrogen-bond acceptors (Lipinski definition) is 3. The summed E-state index contributed by atoms with van der Waals surface area (Å²) in [4.78, 5) is 17.6. The lowest BCUT2D eigenvalue weighted by molar-refractivity contribution is -0.128. The van der Waals surface area contributed by atoms with Crippen LogP contribution in [0.15, 0.2) is 47.7 Å². The van der Waals surface area contributed by atoms with Crippen molar-refractivity contribution < 1.29 is 4.79 Å². The van der Waals surface area contributed by atoms with Crippen molar-refractivity contribution in [2.75, 3.05) is 33.7 Å². The van der Waals surface area contributed by atoms with Crippen LogP contribution in [0.5, 0.6) is 0 Å². The fourth-order valence-corrected chi connectivity index (χ4v) is 2.39. The lowest BCUT2D eigenvalue weighted by atomic mass is 10.1. The van der Waals surface area contributed by atoms with Gasteiger partial charge in [0.25, 0.3) is 0 Å². The third-order valence-electron chi connectivity index (χ3n) is 3.85. The molecular formula is C19H28N6O. The fraction of sp³-hybridized carbons (Fsp3) is 0.421. The van der Waals surface area contributed by atoms with Gasteiger partial charge in [0, 0.05) is 46.0 Å². The summed E-state index contributed by atoms with van der Waals surface area (Å²) in [5, 5.41) is 10.7. The van der Waals surface area contributed by atoms with Gasteiger partial charge in [0.15, 0.2) is 5.96 Å². The summed E-state index contributed by atoms with van der Waals surface area (Å²) >= 11 is 0. The average molecular weight is 356 g/mol. The van der Waals surface area contributed by atoms with Gasteiger partial charge in [0.1, 0.15) is 0 Å². The van der Waals surface area contributed by atoms with Crippen LogP contribution in [0.3, 0.4) is 0 Å². The number of guanidine groups is 1. The number of amides is 1. The van der Waals surface area contributed by atoms with Crippen molar-refractivity contribution >= 4 is 11.9 Å². The minimum atomic E-state index is 0.0851. The largest absolute Gasteiger partial charge is 0.357 e. The molecule has 0 saturated heterocycles. The summed E-state index contributed by atoms with van der Waals surface area (Å²) in [6.45, 7) is 4.06. The van der Waals surface area contributed by atoms with Crippen LogP contribution >= 0.6 is 0 Å². The highest BCUT2D eigenvalue weighted by molar-refractivity contribution is 5.80. The molecule has 26 heavy (non-hydrogen) atoms. The standard InChI is InChI=1S/C19H28N6O/c1-4-20-19(22-14-11-18(26)24(2)3)21-13-10-16-6-8-17(9-7-16)25-15-5-12-23-25/h5-9,12,15H,4,10-11,13-14H2,1-3H3,(H2,20,21,22). The van der Waals surface area contributed by atoms with Gasteiger partial charge in [-0.15, -0.1) is 0 Å². The molecule has 0 radical (unpaired) electrons. The van der Waals surface area contributed by atoms with Gasteiger partial charge in [-0.25, -0.2) is 4.68 Å². The number of hydrogen-bond donors (Lipinski definition) is 2. The maximum Gasteiger partial charge on any atom is 0.223 e. The van der Waals surface area contributed by atoms with E-state index < -0.39 is 0 Å². The maximum absolute atomic E-state index is 11.6. The van der Waals surface area contributed by atoms with E-state index in [0.29, 0.717) is 13.0 Å². The van der Waals surface area contributed by atoms with E-state index in [2.05, 4.69) is 45.0 Å². The van der Waals surface area contributed by atoms with Crippen molar-refractivity contribution in [1.82, 2.24) is 25.3 Å². The quantitative estimate of drug-likeness (QED) is 0.555. The van der Waals surface area contributed by atoms with E-state index in [1.54, 1.807) is 25.2 Å². The first-order chi connectivity index (χ1) is 12.6. The summed E-state index contributed by atoms with van der Waals surface area (Å²) < 4.78 is 1.84. The molecule has 0 bridgehead atoms. The van der Waals surface area contributed by atoms with Gasteiger partial charge in [0.2, 0.25) is 5.91 Å². The molecule has 0 aliphatic heterocycles. The van der Waals surface area contributed by atoms with Crippen molar-refractivity contribution in [3.05, 3.63) is 48.3 Å². The summed E-state index contributed by atoms with van der Waals surface area (Å²) in [5.41, 5.74) is 2.29. The number of aromatic nitrogens is 2. The molecule has 1 aromatic heterocycles. The van der Waals surface area contributed by atoms with Crippen LogP contribution < -0.4 is 10.6 Å². The highest BCUT2D eigenvalue weighted by Gasteiger charge is 2.03. The van der Waals surface area contributed by atoms with E-state index in [-0.39, 0.29) is 5.91 Å². The molecule has 2 N–H and O–H groups in total. The maximum atomic E-state index is 11.6. The van der Waals surface area contributed by atoms with E-state index in [1.165, 1.54) is 5.56 Å². The number of nitrogens with zero attached hydrogens (tertiary/aromatic N) is 4. The smallest absolute Gasteiger partial charge is 0.223 e. The monoisotopic (exact) mass is 356 g/mol.